The summed E-state index contributed by atoms with van der Waals surface area (Å²) in [6.45, 7) is 1.79. The second-order valence-corrected chi connectivity index (χ2v) is 2.48. The molecule has 0 bridgehead atoms. The molecule has 4 heteroatoms. The van der Waals surface area contributed by atoms with Gasteiger partial charge in [0.1, 0.15) is 8.81 Å². The first-order valence-electron chi connectivity index (χ1n) is 1.92. The molecule has 0 amide bonds. The summed E-state index contributed by atoms with van der Waals surface area (Å²) in [7, 11) is 0.191. The molecule has 1 fully saturated rings. The van der Waals surface area contributed by atoms with Crippen molar-refractivity contribution in [1.82, 2.24) is 0 Å². The summed E-state index contributed by atoms with van der Waals surface area (Å²) in [4.78, 5) is 10.0. The number of rotatable bonds is 0. The molecule has 0 spiro atoms. The van der Waals surface area contributed by atoms with Crippen LogP contribution in [0, 0.1) is 0 Å². The molecule has 1 heterocycles. The largest absolute Gasteiger partial charge is 0.511 e. The fourth-order valence-electron chi connectivity index (χ4n) is 0.324. The van der Waals surface area contributed by atoms with E-state index in [2.05, 4.69) is 9.26 Å². The average Bonchev–Trinajstić information content (AvgIpc) is 1.87. The molecular formula is C3H5O3P. The number of cyclic esters (lactones) is 1. The molecule has 0 saturated carbocycles. The topological polar surface area (TPSA) is 35.5 Å². The SMILES string of the molecule is CC1OC(=O)OP1. The first-order valence-corrected chi connectivity index (χ1v) is 2.90. The van der Waals surface area contributed by atoms with E-state index in [1.165, 1.54) is 0 Å². The summed E-state index contributed by atoms with van der Waals surface area (Å²) in [5, 5.41) is 0. The van der Waals surface area contributed by atoms with Gasteiger partial charge in [0.15, 0.2) is 5.85 Å². The van der Waals surface area contributed by atoms with Crippen LogP contribution in [0.3, 0.4) is 0 Å². The molecule has 40 valence electrons. The highest BCUT2D eigenvalue weighted by Crippen LogP contribution is 2.28. The van der Waals surface area contributed by atoms with E-state index < -0.39 is 6.16 Å². The summed E-state index contributed by atoms with van der Waals surface area (Å²) >= 11 is 0. The minimum absolute atomic E-state index is 0.0208. The second-order valence-electron chi connectivity index (χ2n) is 1.23. The molecule has 2 unspecified atom stereocenters. The van der Waals surface area contributed by atoms with Crippen LogP contribution in [-0.4, -0.2) is 12.0 Å². The molecule has 0 aromatic carbocycles. The molecular weight excluding hydrogens is 115 g/mol. The number of hydrogen-bond acceptors (Lipinski definition) is 3. The lowest BCUT2D eigenvalue weighted by molar-refractivity contribution is 0.123. The van der Waals surface area contributed by atoms with Crippen LogP contribution in [0.5, 0.6) is 0 Å². The third kappa shape index (κ3) is 1.03. The Bertz CT molecular complexity index is 92.2. The Morgan fingerprint density at radius 2 is 2.57 bits per heavy atom. The van der Waals surface area contributed by atoms with Gasteiger partial charge in [-0.25, -0.2) is 4.79 Å². The number of ether oxygens (including phenoxy) is 1. The molecule has 1 rings (SSSR count). The highest BCUT2D eigenvalue weighted by molar-refractivity contribution is 7.34. The van der Waals surface area contributed by atoms with Crippen LogP contribution in [0.25, 0.3) is 0 Å². The molecule has 0 aromatic heterocycles. The van der Waals surface area contributed by atoms with Gasteiger partial charge >= 0.3 is 6.16 Å². The first kappa shape index (κ1) is 4.85. The lowest BCUT2D eigenvalue weighted by Gasteiger charge is -1.89. The standard InChI is InChI=1S/C3H5O3P/c1-2-5-3(4)6-7-2/h2,7H,1H3. The molecule has 1 aliphatic heterocycles. The average molecular weight is 120 g/mol. The zero-order valence-corrected chi connectivity index (χ0v) is 4.80. The van der Waals surface area contributed by atoms with E-state index in [0.29, 0.717) is 0 Å². The van der Waals surface area contributed by atoms with E-state index in [1.54, 1.807) is 6.92 Å². The van der Waals surface area contributed by atoms with Crippen molar-refractivity contribution in [2.75, 3.05) is 0 Å². The van der Waals surface area contributed by atoms with Crippen LogP contribution in [0.1, 0.15) is 6.92 Å². The van der Waals surface area contributed by atoms with Crippen molar-refractivity contribution in [3.8, 4) is 0 Å². The van der Waals surface area contributed by atoms with Crippen molar-refractivity contribution in [1.29, 1.82) is 0 Å². The van der Waals surface area contributed by atoms with Crippen molar-refractivity contribution in [3.63, 3.8) is 0 Å². The monoisotopic (exact) mass is 120 g/mol. The molecule has 1 saturated heterocycles. The maximum absolute atomic E-state index is 10.0. The van der Waals surface area contributed by atoms with Crippen LogP contribution in [-0.2, 0) is 9.26 Å². The molecule has 7 heavy (non-hydrogen) atoms. The maximum atomic E-state index is 10.0. The van der Waals surface area contributed by atoms with Crippen LogP contribution in [0.4, 0.5) is 4.79 Å². The third-order valence-corrected chi connectivity index (χ3v) is 1.32. The molecule has 0 aliphatic carbocycles. The second kappa shape index (κ2) is 1.66. The highest BCUT2D eigenvalue weighted by Gasteiger charge is 2.19. The van der Waals surface area contributed by atoms with E-state index in [4.69, 9.17) is 0 Å². The van der Waals surface area contributed by atoms with Crippen LogP contribution < -0.4 is 0 Å². The van der Waals surface area contributed by atoms with Crippen molar-refractivity contribution < 1.29 is 14.1 Å². The Kier molecular flexibility index (Phi) is 1.15. The lowest BCUT2D eigenvalue weighted by Crippen LogP contribution is -1.95. The van der Waals surface area contributed by atoms with Gasteiger partial charge in [0, 0.05) is 0 Å². The Morgan fingerprint density at radius 1 is 1.86 bits per heavy atom. The van der Waals surface area contributed by atoms with Gasteiger partial charge in [-0.2, -0.15) is 0 Å². The minimum atomic E-state index is -0.536. The Morgan fingerprint density at radius 3 is 2.71 bits per heavy atom. The quantitative estimate of drug-likeness (QED) is 0.354. The minimum Gasteiger partial charge on any atom is -0.423 e. The predicted octanol–water partition coefficient (Wildman–Crippen LogP) is 1.09. The summed E-state index contributed by atoms with van der Waals surface area (Å²) in [6.07, 6.45) is -0.536. The van der Waals surface area contributed by atoms with Gasteiger partial charge < -0.3 is 9.26 Å². The van der Waals surface area contributed by atoms with Gasteiger partial charge in [0.05, 0.1) is 0 Å². The summed E-state index contributed by atoms with van der Waals surface area (Å²) in [6, 6.07) is 0. The molecule has 2 atom stereocenters. The number of hydrogen-bond donors (Lipinski definition) is 0. The van der Waals surface area contributed by atoms with E-state index in [9.17, 15) is 4.79 Å². The Balaban J connectivity index is 2.40. The first-order chi connectivity index (χ1) is 3.29. The van der Waals surface area contributed by atoms with Crippen LogP contribution in [0.15, 0.2) is 0 Å². The summed E-state index contributed by atoms with van der Waals surface area (Å²) in [5.74, 6) is -0.0208. The van der Waals surface area contributed by atoms with E-state index >= 15 is 0 Å². The van der Waals surface area contributed by atoms with E-state index in [1.807, 2.05) is 0 Å². The number of carbonyl (C=O) groups excluding carboxylic acids is 1. The van der Waals surface area contributed by atoms with Gasteiger partial charge in [-0.05, 0) is 6.92 Å². The molecule has 1 aliphatic rings. The van der Waals surface area contributed by atoms with Gasteiger partial charge in [0.2, 0.25) is 0 Å². The van der Waals surface area contributed by atoms with Gasteiger partial charge in [-0.3, -0.25) is 0 Å². The zero-order chi connectivity index (χ0) is 5.28. The van der Waals surface area contributed by atoms with E-state index in [-0.39, 0.29) is 14.7 Å². The maximum Gasteiger partial charge on any atom is 0.511 e. The molecule has 0 N–H and O–H groups in total. The molecule has 0 radical (unpaired) electrons. The molecule has 3 nitrogen and oxygen atoms in total. The smallest absolute Gasteiger partial charge is 0.423 e. The van der Waals surface area contributed by atoms with Crippen LogP contribution >= 0.6 is 8.81 Å². The molecule has 0 aromatic rings. The fraction of sp³-hybridized carbons (Fsp3) is 0.667. The van der Waals surface area contributed by atoms with Gasteiger partial charge in [-0.1, -0.05) is 0 Å². The van der Waals surface area contributed by atoms with Gasteiger partial charge in [-0.15, -0.1) is 0 Å². The van der Waals surface area contributed by atoms with E-state index in [0.717, 1.165) is 0 Å². The summed E-state index contributed by atoms with van der Waals surface area (Å²) in [5.41, 5.74) is 0. The highest BCUT2D eigenvalue weighted by atomic mass is 31.1. The normalized spacial score (nSPS) is 32.7. The van der Waals surface area contributed by atoms with Crippen molar-refractivity contribution in [2.24, 2.45) is 0 Å². The summed E-state index contributed by atoms with van der Waals surface area (Å²) < 4.78 is 8.94. The van der Waals surface area contributed by atoms with Crippen molar-refractivity contribution in [3.05, 3.63) is 0 Å². The Labute approximate surface area is 42.9 Å². The predicted molar refractivity (Wildman–Crippen MR) is 25.3 cm³/mol. The Hall–Kier alpha value is -0.300. The lowest BCUT2D eigenvalue weighted by atomic mass is 10.9. The number of carbonyl (C=O) groups is 1. The fourth-order valence-corrected chi connectivity index (χ4v) is 0.778. The van der Waals surface area contributed by atoms with Crippen molar-refractivity contribution >= 4 is 15.0 Å². The van der Waals surface area contributed by atoms with Crippen LogP contribution in [0.2, 0.25) is 0 Å². The third-order valence-electron chi connectivity index (χ3n) is 0.581. The zero-order valence-electron chi connectivity index (χ0n) is 3.80. The van der Waals surface area contributed by atoms with Crippen molar-refractivity contribution in [2.45, 2.75) is 12.8 Å². The van der Waals surface area contributed by atoms with Gasteiger partial charge in [0.25, 0.3) is 0 Å².